The van der Waals surface area contributed by atoms with Crippen LogP contribution >= 0.6 is 0 Å². The summed E-state index contributed by atoms with van der Waals surface area (Å²) in [6, 6.07) is 19.7. The average molecular weight is 540 g/mol. The van der Waals surface area contributed by atoms with Crippen molar-refractivity contribution in [2.75, 3.05) is 10.8 Å². The van der Waals surface area contributed by atoms with Crippen LogP contribution in [-0.2, 0) is 32.6 Å². The molecular weight excluding hydrogens is 505 g/mol. The van der Waals surface area contributed by atoms with Crippen LogP contribution in [0.2, 0.25) is 0 Å². The van der Waals surface area contributed by atoms with Gasteiger partial charge in [0.15, 0.2) is 0 Å². The zero-order valence-corrected chi connectivity index (χ0v) is 22.9. The molecule has 0 saturated heterocycles. The molecule has 0 radical (unpaired) electrons. The molecule has 0 bridgehead atoms. The lowest BCUT2D eigenvalue weighted by Gasteiger charge is -2.33. The quantitative estimate of drug-likeness (QED) is 0.388. The van der Waals surface area contributed by atoms with E-state index >= 15 is 0 Å². The largest absolute Gasteiger partial charge is 0.352 e. The summed E-state index contributed by atoms with van der Waals surface area (Å²) in [4.78, 5) is 28.0. The Hall–Kier alpha value is -3.72. The number of amides is 2. The third-order valence-electron chi connectivity index (χ3n) is 6.15. The fraction of sp³-hybridized carbons (Fsp3) is 0.310. The van der Waals surface area contributed by atoms with E-state index in [1.165, 1.54) is 35.2 Å². The van der Waals surface area contributed by atoms with Gasteiger partial charge in [-0.25, -0.2) is 12.8 Å². The maximum absolute atomic E-state index is 14.6. The van der Waals surface area contributed by atoms with E-state index in [9.17, 15) is 22.4 Å². The van der Waals surface area contributed by atoms with Gasteiger partial charge in [-0.05, 0) is 57.0 Å². The number of rotatable bonds is 11. The molecule has 0 spiro atoms. The lowest BCUT2D eigenvalue weighted by atomic mass is 10.1. The Labute approximate surface area is 224 Å². The maximum Gasteiger partial charge on any atom is 0.264 e. The van der Waals surface area contributed by atoms with Gasteiger partial charge in [-0.2, -0.15) is 0 Å². The average Bonchev–Trinajstić information content (AvgIpc) is 2.90. The van der Waals surface area contributed by atoms with Crippen LogP contribution in [0.1, 0.15) is 38.8 Å². The van der Waals surface area contributed by atoms with Crippen LogP contribution in [-0.4, -0.2) is 43.8 Å². The topological polar surface area (TPSA) is 86.8 Å². The van der Waals surface area contributed by atoms with Gasteiger partial charge < -0.3 is 10.2 Å². The second-order valence-electron chi connectivity index (χ2n) is 9.26. The molecule has 0 unspecified atom stereocenters. The molecule has 3 aromatic carbocycles. The van der Waals surface area contributed by atoms with Gasteiger partial charge in [0, 0.05) is 18.2 Å². The highest BCUT2D eigenvalue weighted by molar-refractivity contribution is 7.92. The molecular formula is C29H34FN3O4S. The molecule has 0 heterocycles. The molecule has 3 rings (SSSR count). The first-order valence-electron chi connectivity index (χ1n) is 12.5. The molecule has 38 heavy (non-hydrogen) atoms. The first kappa shape index (κ1) is 28.8. The minimum Gasteiger partial charge on any atom is -0.352 e. The molecule has 2 amide bonds. The summed E-state index contributed by atoms with van der Waals surface area (Å²) < 4.78 is 43.3. The van der Waals surface area contributed by atoms with Crippen LogP contribution < -0.4 is 9.62 Å². The van der Waals surface area contributed by atoms with Crippen molar-refractivity contribution in [3.8, 4) is 0 Å². The van der Waals surface area contributed by atoms with Gasteiger partial charge in [0.25, 0.3) is 10.0 Å². The molecule has 9 heteroatoms. The molecule has 202 valence electrons. The van der Waals surface area contributed by atoms with Crippen LogP contribution in [0.25, 0.3) is 0 Å². The van der Waals surface area contributed by atoms with E-state index in [0.717, 1.165) is 9.87 Å². The Morgan fingerprint density at radius 3 is 2.05 bits per heavy atom. The zero-order chi connectivity index (χ0) is 27.9. The number of carbonyl (C=O) groups excluding carboxylic acids is 2. The highest BCUT2D eigenvalue weighted by Gasteiger charge is 2.33. The van der Waals surface area contributed by atoms with Crippen molar-refractivity contribution in [3.63, 3.8) is 0 Å². The normalized spacial score (nSPS) is 12.2. The van der Waals surface area contributed by atoms with Crippen LogP contribution in [0, 0.1) is 5.82 Å². The molecule has 0 fully saturated rings. The van der Waals surface area contributed by atoms with E-state index in [-0.39, 0.29) is 23.0 Å². The predicted molar refractivity (Wildman–Crippen MR) is 146 cm³/mol. The predicted octanol–water partition coefficient (Wildman–Crippen LogP) is 4.53. The lowest BCUT2D eigenvalue weighted by molar-refractivity contribution is -0.139. The van der Waals surface area contributed by atoms with E-state index in [2.05, 4.69) is 5.32 Å². The number of aryl methyl sites for hydroxylation is 1. The number of hydrogen-bond donors (Lipinski definition) is 1. The number of nitrogens with one attached hydrogen (secondary N) is 1. The van der Waals surface area contributed by atoms with Crippen LogP contribution in [0.5, 0.6) is 0 Å². The van der Waals surface area contributed by atoms with E-state index in [0.29, 0.717) is 12.1 Å². The van der Waals surface area contributed by atoms with Crippen molar-refractivity contribution in [1.82, 2.24) is 10.2 Å². The summed E-state index contributed by atoms with van der Waals surface area (Å²) in [7, 11) is -4.15. The summed E-state index contributed by atoms with van der Waals surface area (Å²) in [5.41, 5.74) is 1.33. The zero-order valence-electron chi connectivity index (χ0n) is 22.1. The number of sulfonamides is 1. The molecule has 3 aromatic rings. The van der Waals surface area contributed by atoms with E-state index < -0.39 is 40.2 Å². The first-order valence-corrected chi connectivity index (χ1v) is 14.0. The standard InChI is InChI=1S/C29H34FN3O4S/c1-5-23-13-10-12-18-27(23)33(38(36,37)25-15-7-6-8-16-25)20-28(34)32(22(4)29(35)31-21(2)3)19-24-14-9-11-17-26(24)30/h6-18,21-22H,5,19-20H2,1-4H3,(H,31,35)/t22-/m0/s1. The van der Waals surface area contributed by atoms with E-state index in [4.69, 9.17) is 0 Å². The van der Waals surface area contributed by atoms with Crippen molar-refractivity contribution in [2.45, 2.75) is 57.6 Å². The molecule has 7 nitrogen and oxygen atoms in total. The SMILES string of the molecule is CCc1ccccc1N(CC(=O)N(Cc1ccccc1F)[C@@H](C)C(=O)NC(C)C)S(=O)(=O)c1ccccc1. The molecule has 0 aromatic heterocycles. The minimum absolute atomic E-state index is 0.0324. The second kappa shape index (κ2) is 12.7. The van der Waals surface area contributed by atoms with Gasteiger partial charge in [0.2, 0.25) is 11.8 Å². The van der Waals surface area contributed by atoms with E-state index in [1.807, 2.05) is 13.0 Å². The van der Waals surface area contributed by atoms with Gasteiger partial charge in [-0.15, -0.1) is 0 Å². The van der Waals surface area contributed by atoms with Crippen LogP contribution in [0.15, 0.2) is 83.8 Å². The summed E-state index contributed by atoms with van der Waals surface area (Å²) in [6.07, 6.45) is 0.539. The monoisotopic (exact) mass is 539 g/mol. The van der Waals surface area contributed by atoms with Gasteiger partial charge >= 0.3 is 0 Å². The number of anilines is 1. The van der Waals surface area contributed by atoms with Crippen molar-refractivity contribution < 1.29 is 22.4 Å². The highest BCUT2D eigenvalue weighted by atomic mass is 32.2. The number of halogens is 1. The van der Waals surface area contributed by atoms with Gasteiger partial charge in [0.05, 0.1) is 10.6 Å². The fourth-order valence-corrected chi connectivity index (χ4v) is 5.56. The summed E-state index contributed by atoms with van der Waals surface area (Å²) in [5, 5.41) is 2.78. The van der Waals surface area contributed by atoms with Gasteiger partial charge in [-0.3, -0.25) is 13.9 Å². The van der Waals surface area contributed by atoms with Crippen LogP contribution in [0.4, 0.5) is 10.1 Å². The second-order valence-corrected chi connectivity index (χ2v) is 11.1. The lowest BCUT2D eigenvalue weighted by Crippen LogP contribution is -2.52. The number of carbonyl (C=O) groups is 2. The third kappa shape index (κ3) is 6.77. The van der Waals surface area contributed by atoms with Gasteiger partial charge in [-0.1, -0.05) is 61.5 Å². The van der Waals surface area contributed by atoms with Crippen molar-refractivity contribution in [1.29, 1.82) is 0 Å². The van der Waals surface area contributed by atoms with Crippen molar-refractivity contribution >= 4 is 27.5 Å². The Morgan fingerprint density at radius 1 is 0.868 bits per heavy atom. The number of para-hydroxylation sites is 1. The minimum atomic E-state index is -4.15. The first-order chi connectivity index (χ1) is 18.1. The Bertz CT molecular complexity index is 1360. The molecule has 0 aliphatic heterocycles. The summed E-state index contributed by atoms with van der Waals surface area (Å²) in [5.74, 6) is -1.58. The molecule has 0 aliphatic rings. The molecule has 0 aliphatic carbocycles. The maximum atomic E-state index is 14.6. The smallest absolute Gasteiger partial charge is 0.264 e. The Kier molecular flexibility index (Phi) is 9.63. The third-order valence-corrected chi connectivity index (χ3v) is 7.92. The highest BCUT2D eigenvalue weighted by Crippen LogP contribution is 2.28. The fourth-order valence-electron chi connectivity index (χ4n) is 4.08. The van der Waals surface area contributed by atoms with Crippen molar-refractivity contribution in [3.05, 3.63) is 95.8 Å². The van der Waals surface area contributed by atoms with E-state index in [1.54, 1.807) is 63.2 Å². The Morgan fingerprint density at radius 2 is 1.45 bits per heavy atom. The number of benzene rings is 3. The summed E-state index contributed by atoms with van der Waals surface area (Å²) in [6.45, 7) is 6.27. The Balaban J connectivity index is 2.07. The summed E-state index contributed by atoms with van der Waals surface area (Å²) >= 11 is 0. The number of hydrogen-bond acceptors (Lipinski definition) is 4. The molecule has 1 atom stereocenters. The van der Waals surface area contributed by atoms with Crippen molar-refractivity contribution in [2.24, 2.45) is 0 Å². The number of nitrogens with zero attached hydrogens (tertiary/aromatic N) is 2. The van der Waals surface area contributed by atoms with Gasteiger partial charge in [0.1, 0.15) is 18.4 Å². The molecule has 1 N–H and O–H groups in total. The van der Waals surface area contributed by atoms with Crippen LogP contribution in [0.3, 0.4) is 0 Å². The molecule has 0 saturated carbocycles.